The molecule has 2 N–H and O–H groups in total. The normalized spacial score (nSPS) is 15.7. The van der Waals surface area contributed by atoms with E-state index in [1.807, 2.05) is 37.3 Å². The van der Waals surface area contributed by atoms with E-state index < -0.39 is 0 Å². The minimum absolute atomic E-state index is 0.121. The van der Waals surface area contributed by atoms with E-state index in [9.17, 15) is 14.4 Å². The first kappa shape index (κ1) is 23.9. The molecule has 2 aromatic carbocycles. The van der Waals surface area contributed by atoms with Crippen molar-refractivity contribution >= 4 is 52.4 Å². The molecule has 0 aromatic heterocycles. The highest BCUT2D eigenvalue weighted by Crippen LogP contribution is 2.29. The average molecular weight is 477 g/mol. The molecule has 170 valence electrons. The molecule has 32 heavy (non-hydrogen) atoms. The van der Waals surface area contributed by atoms with Gasteiger partial charge in [-0.1, -0.05) is 47.5 Å². The highest BCUT2D eigenvalue weighted by atomic mass is 35.5. The zero-order valence-electron chi connectivity index (χ0n) is 17.8. The summed E-state index contributed by atoms with van der Waals surface area (Å²) in [7, 11) is 0. The number of rotatable bonds is 6. The number of carbonyl (C=O) groups excluding carboxylic acids is 3. The molecule has 1 aliphatic rings. The van der Waals surface area contributed by atoms with Gasteiger partial charge < -0.3 is 20.4 Å². The number of carbonyl (C=O) groups is 3. The number of likely N-dealkylation sites (tertiary alicyclic amines) is 1. The molecular weight excluding hydrogens is 451 g/mol. The predicted octanol–water partition coefficient (Wildman–Crippen LogP) is 4.72. The minimum atomic E-state index is -0.385. The largest absolute Gasteiger partial charge is 0.333 e. The van der Waals surface area contributed by atoms with Gasteiger partial charge in [0.2, 0.25) is 11.8 Å². The lowest BCUT2D eigenvalue weighted by molar-refractivity contribution is -0.139. The van der Waals surface area contributed by atoms with Crippen molar-refractivity contribution in [3.8, 4) is 0 Å². The van der Waals surface area contributed by atoms with Crippen molar-refractivity contribution in [1.29, 1.82) is 0 Å². The Hall–Kier alpha value is -2.77. The molecule has 9 heteroatoms. The first-order valence-electron chi connectivity index (χ1n) is 10.5. The number of likely N-dealkylation sites (N-methyl/N-ethyl adjacent to an activating group) is 1. The number of urea groups is 1. The maximum Gasteiger partial charge on any atom is 0.321 e. The molecule has 3 rings (SSSR count). The van der Waals surface area contributed by atoms with Crippen molar-refractivity contribution < 1.29 is 14.4 Å². The summed E-state index contributed by atoms with van der Waals surface area (Å²) in [5, 5.41) is 6.19. The number of anilines is 2. The smallest absolute Gasteiger partial charge is 0.321 e. The van der Waals surface area contributed by atoms with Crippen molar-refractivity contribution in [3.05, 3.63) is 58.6 Å². The van der Waals surface area contributed by atoms with Gasteiger partial charge in [-0.05, 0) is 44.0 Å². The van der Waals surface area contributed by atoms with Crippen LogP contribution in [-0.4, -0.2) is 53.8 Å². The van der Waals surface area contributed by atoms with Crippen LogP contribution in [0.4, 0.5) is 16.2 Å². The summed E-state index contributed by atoms with van der Waals surface area (Å²) in [6.07, 6.45) is 1.39. The van der Waals surface area contributed by atoms with E-state index in [4.69, 9.17) is 23.2 Å². The standard InChI is InChI=1S/C23H26Cl2N4O3/c1-2-28(15-20(30)27-21-18(24)11-6-12-19(21)25)22(31)16-8-7-13-29(14-16)23(32)26-17-9-4-3-5-10-17/h3-6,9-12,16H,2,7-8,13-15H2,1H3,(H,26,32)(H,27,30). The molecule has 1 unspecified atom stereocenters. The van der Waals surface area contributed by atoms with E-state index in [0.717, 1.165) is 6.42 Å². The lowest BCUT2D eigenvalue weighted by Gasteiger charge is -2.34. The Bertz CT molecular complexity index is 951. The first-order valence-corrected chi connectivity index (χ1v) is 11.3. The third-order valence-electron chi connectivity index (χ3n) is 5.34. The fourth-order valence-corrected chi connectivity index (χ4v) is 4.15. The number of halogens is 2. The Labute approximate surface area is 197 Å². The molecule has 1 atom stereocenters. The summed E-state index contributed by atoms with van der Waals surface area (Å²) in [6.45, 7) is 2.96. The Morgan fingerprint density at radius 2 is 1.72 bits per heavy atom. The van der Waals surface area contributed by atoms with Crippen LogP contribution in [0, 0.1) is 5.92 Å². The topological polar surface area (TPSA) is 81.8 Å². The molecule has 0 aliphatic carbocycles. The van der Waals surface area contributed by atoms with Crippen LogP contribution in [0.3, 0.4) is 0 Å². The number of hydrogen-bond acceptors (Lipinski definition) is 3. The van der Waals surface area contributed by atoms with E-state index in [1.54, 1.807) is 23.1 Å². The molecule has 0 saturated carbocycles. The van der Waals surface area contributed by atoms with Crippen LogP contribution in [0.15, 0.2) is 48.5 Å². The molecule has 1 saturated heterocycles. The third kappa shape index (κ3) is 6.14. The van der Waals surface area contributed by atoms with E-state index in [1.165, 1.54) is 4.90 Å². The lowest BCUT2D eigenvalue weighted by atomic mass is 9.96. The number of para-hydroxylation sites is 2. The number of amides is 4. The molecule has 1 heterocycles. The fourth-order valence-electron chi connectivity index (χ4n) is 3.66. The molecule has 4 amide bonds. The van der Waals surface area contributed by atoms with Gasteiger partial charge in [0.25, 0.3) is 0 Å². The molecule has 0 bridgehead atoms. The molecular formula is C23H26Cl2N4O3. The van der Waals surface area contributed by atoms with Gasteiger partial charge >= 0.3 is 6.03 Å². The summed E-state index contributed by atoms with van der Waals surface area (Å²) in [5.74, 6) is -0.892. The number of nitrogens with one attached hydrogen (secondary N) is 2. The van der Waals surface area contributed by atoms with E-state index in [0.29, 0.717) is 47.5 Å². The minimum Gasteiger partial charge on any atom is -0.333 e. The van der Waals surface area contributed by atoms with Gasteiger partial charge in [0.1, 0.15) is 0 Å². The third-order valence-corrected chi connectivity index (χ3v) is 5.97. The molecule has 1 aliphatic heterocycles. The Morgan fingerprint density at radius 3 is 2.38 bits per heavy atom. The monoisotopic (exact) mass is 476 g/mol. The molecule has 1 fully saturated rings. The van der Waals surface area contributed by atoms with Crippen LogP contribution in [0.25, 0.3) is 0 Å². The average Bonchev–Trinajstić information content (AvgIpc) is 2.80. The second-order valence-electron chi connectivity index (χ2n) is 7.58. The van der Waals surface area contributed by atoms with Crippen molar-refractivity contribution in [2.75, 3.05) is 36.8 Å². The van der Waals surface area contributed by atoms with Crippen LogP contribution in [0.5, 0.6) is 0 Å². The van der Waals surface area contributed by atoms with Crippen LogP contribution in [0.1, 0.15) is 19.8 Å². The van der Waals surface area contributed by atoms with Gasteiger partial charge in [-0.15, -0.1) is 0 Å². The van der Waals surface area contributed by atoms with Gasteiger partial charge in [-0.3, -0.25) is 9.59 Å². The number of nitrogens with zero attached hydrogens (tertiary/aromatic N) is 2. The zero-order valence-corrected chi connectivity index (χ0v) is 19.3. The van der Waals surface area contributed by atoms with Crippen LogP contribution in [0.2, 0.25) is 10.0 Å². The first-order chi connectivity index (χ1) is 15.4. The molecule has 0 spiro atoms. The van der Waals surface area contributed by atoms with E-state index >= 15 is 0 Å². The molecule has 2 aromatic rings. The van der Waals surface area contributed by atoms with Crippen LogP contribution < -0.4 is 10.6 Å². The van der Waals surface area contributed by atoms with Crippen molar-refractivity contribution in [2.24, 2.45) is 5.92 Å². The van der Waals surface area contributed by atoms with Gasteiger partial charge in [-0.25, -0.2) is 4.79 Å². The Kier molecular flexibility index (Phi) is 8.36. The maximum atomic E-state index is 13.1. The Balaban J connectivity index is 1.59. The summed E-state index contributed by atoms with van der Waals surface area (Å²) >= 11 is 12.2. The van der Waals surface area contributed by atoms with Gasteiger partial charge in [0, 0.05) is 25.3 Å². The highest BCUT2D eigenvalue weighted by Gasteiger charge is 2.31. The predicted molar refractivity (Wildman–Crippen MR) is 127 cm³/mol. The van der Waals surface area contributed by atoms with Gasteiger partial charge in [0.05, 0.1) is 28.2 Å². The maximum absolute atomic E-state index is 13.1. The van der Waals surface area contributed by atoms with Crippen LogP contribution in [-0.2, 0) is 9.59 Å². The number of hydrogen-bond donors (Lipinski definition) is 2. The van der Waals surface area contributed by atoms with Crippen molar-refractivity contribution in [3.63, 3.8) is 0 Å². The molecule has 7 nitrogen and oxygen atoms in total. The van der Waals surface area contributed by atoms with Crippen molar-refractivity contribution in [2.45, 2.75) is 19.8 Å². The second-order valence-corrected chi connectivity index (χ2v) is 8.39. The summed E-state index contributed by atoms with van der Waals surface area (Å²) < 4.78 is 0. The molecule has 0 radical (unpaired) electrons. The zero-order chi connectivity index (χ0) is 23.1. The summed E-state index contributed by atoms with van der Waals surface area (Å²) in [4.78, 5) is 41.4. The second kappa shape index (κ2) is 11.2. The Morgan fingerprint density at radius 1 is 1.03 bits per heavy atom. The van der Waals surface area contributed by atoms with Gasteiger partial charge in [0.15, 0.2) is 0 Å². The number of piperidine rings is 1. The van der Waals surface area contributed by atoms with Crippen LogP contribution >= 0.6 is 23.2 Å². The van der Waals surface area contributed by atoms with E-state index in [-0.39, 0.29) is 30.3 Å². The summed E-state index contributed by atoms with van der Waals surface area (Å²) in [5.41, 5.74) is 1.03. The highest BCUT2D eigenvalue weighted by molar-refractivity contribution is 6.39. The fraction of sp³-hybridized carbons (Fsp3) is 0.348. The quantitative estimate of drug-likeness (QED) is 0.632. The van der Waals surface area contributed by atoms with Crippen molar-refractivity contribution in [1.82, 2.24) is 9.80 Å². The van der Waals surface area contributed by atoms with E-state index in [2.05, 4.69) is 10.6 Å². The summed E-state index contributed by atoms with van der Waals surface area (Å²) in [6, 6.07) is 13.9. The lowest BCUT2D eigenvalue weighted by Crippen LogP contribution is -2.49. The van der Waals surface area contributed by atoms with Gasteiger partial charge in [-0.2, -0.15) is 0 Å². The SMILES string of the molecule is CCN(CC(=O)Nc1c(Cl)cccc1Cl)C(=O)C1CCCN(C(=O)Nc2ccccc2)C1. The number of benzene rings is 2.